The molecule has 0 aliphatic carbocycles. The Morgan fingerprint density at radius 2 is 2.09 bits per heavy atom. The van der Waals surface area contributed by atoms with Gasteiger partial charge in [-0.05, 0) is 24.3 Å². The molecule has 23 heavy (non-hydrogen) atoms. The molecule has 1 aliphatic rings. The Labute approximate surface area is 139 Å². The highest BCUT2D eigenvalue weighted by Gasteiger charge is 2.12. The Balaban J connectivity index is 1.58. The van der Waals surface area contributed by atoms with Crippen LogP contribution in [0.4, 0.5) is 10.8 Å². The third-order valence-corrected chi connectivity index (χ3v) is 4.51. The molecule has 0 bridgehead atoms. The maximum Gasteiger partial charge on any atom is 0.337 e. The van der Waals surface area contributed by atoms with Crippen LogP contribution < -0.4 is 10.6 Å². The predicted octanol–water partition coefficient (Wildman–Crippen LogP) is 2.08. The molecule has 3 rings (SSSR count). The number of nitrogens with zero attached hydrogens (tertiary/aromatic N) is 2. The quantitative estimate of drug-likeness (QED) is 0.817. The van der Waals surface area contributed by atoms with Crippen LogP contribution in [0.3, 0.4) is 0 Å². The summed E-state index contributed by atoms with van der Waals surface area (Å²) >= 11 is 1.59. The van der Waals surface area contributed by atoms with Gasteiger partial charge in [0.05, 0.1) is 18.4 Å². The van der Waals surface area contributed by atoms with Crippen molar-refractivity contribution >= 4 is 28.1 Å². The van der Waals surface area contributed by atoms with E-state index in [0.29, 0.717) is 5.56 Å². The van der Waals surface area contributed by atoms with E-state index in [-0.39, 0.29) is 5.97 Å². The first-order chi connectivity index (χ1) is 11.2. The number of anilines is 2. The Bertz CT molecular complexity index is 650. The van der Waals surface area contributed by atoms with Crippen LogP contribution >= 0.6 is 11.3 Å². The fraction of sp³-hybridized carbons (Fsp3) is 0.375. The summed E-state index contributed by atoms with van der Waals surface area (Å²) in [7, 11) is 1.38. The molecule has 1 aromatic carbocycles. The first-order valence-corrected chi connectivity index (χ1v) is 8.45. The maximum atomic E-state index is 11.4. The molecule has 0 radical (unpaired) electrons. The molecule has 1 aliphatic heterocycles. The molecule has 7 heteroatoms. The predicted molar refractivity (Wildman–Crippen MR) is 91.3 cm³/mol. The Morgan fingerprint density at radius 1 is 1.35 bits per heavy atom. The van der Waals surface area contributed by atoms with E-state index in [2.05, 4.69) is 25.9 Å². The number of nitrogens with one attached hydrogen (secondary N) is 2. The lowest BCUT2D eigenvalue weighted by Crippen LogP contribution is -2.42. The van der Waals surface area contributed by atoms with Crippen LogP contribution in [0.25, 0.3) is 0 Å². The normalized spacial score (nSPS) is 15.3. The van der Waals surface area contributed by atoms with Crippen LogP contribution in [0.2, 0.25) is 0 Å². The lowest BCUT2D eigenvalue weighted by molar-refractivity contribution is 0.0601. The molecule has 2 N–H and O–H groups in total. The minimum atomic E-state index is -0.330. The summed E-state index contributed by atoms with van der Waals surface area (Å²) in [6, 6.07) is 7.18. The van der Waals surface area contributed by atoms with E-state index in [1.165, 1.54) is 7.11 Å². The summed E-state index contributed by atoms with van der Waals surface area (Å²) < 4.78 is 4.69. The fourth-order valence-corrected chi connectivity index (χ4v) is 3.19. The summed E-state index contributed by atoms with van der Waals surface area (Å²) in [5.74, 6) is -0.330. The molecule has 1 aromatic heterocycles. The van der Waals surface area contributed by atoms with E-state index in [0.717, 1.165) is 49.2 Å². The molecule has 0 spiro atoms. The highest BCUT2D eigenvalue weighted by molar-refractivity contribution is 7.13. The second-order valence-electron chi connectivity index (χ2n) is 5.36. The Kier molecular flexibility index (Phi) is 5.22. The average Bonchev–Trinajstić information content (AvgIpc) is 3.02. The van der Waals surface area contributed by atoms with E-state index in [1.54, 1.807) is 23.5 Å². The molecule has 0 unspecified atom stereocenters. The van der Waals surface area contributed by atoms with E-state index in [9.17, 15) is 4.79 Å². The monoisotopic (exact) mass is 332 g/mol. The molecular weight excluding hydrogens is 312 g/mol. The van der Waals surface area contributed by atoms with E-state index < -0.39 is 0 Å². The third kappa shape index (κ3) is 4.28. The van der Waals surface area contributed by atoms with Gasteiger partial charge in [0.15, 0.2) is 5.13 Å². The van der Waals surface area contributed by atoms with Crippen molar-refractivity contribution in [2.45, 2.75) is 6.54 Å². The first-order valence-electron chi connectivity index (χ1n) is 7.57. The van der Waals surface area contributed by atoms with E-state index >= 15 is 0 Å². The highest BCUT2D eigenvalue weighted by atomic mass is 32.1. The minimum absolute atomic E-state index is 0.330. The zero-order chi connectivity index (χ0) is 16.1. The van der Waals surface area contributed by atoms with Crippen molar-refractivity contribution in [3.63, 3.8) is 0 Å². The van der Waals surface area contributed by atoms with E-state index in [4.69, 9.17) is 4.74 Å². The lowest BCUT2D eigenvalue weighted by Gasteiger charge is -2.26. The van der Waals surface area contributed by atoms with Gasteiger partial charge in [-0.1, -0.05) is 0 Å². The first kappa shape index (κ1) is 15.9. The molecule has 0 atom stereocenters. The zero-order valence-corrected chi connectivity index (χ0v) is 13.9. The number of carbonyl (C=O) groups is 1. The number of piperazine rings is 1. The van der Waals surface area contributed by atoms with Crippen LogP contribution in [-0.2, 0) is 11.3 Å². The van der Waals surface area contributed by atoms with Gasteiger partial charge in [-0.2, -0.15) is 0 Å². The van der Waals surface area contributed by atoms with Crippen molar-refractivity contribution in [3.05, 3.63) is 40.9 Å². The zero-order valence-electron chi connectivity index (χ0n) is 13.0. The molecule has 0 saturated carbocycles. The Morgan fingerprint density at radius 3 is 2.78 bits per heavy atom. The summed E-state index contributed by atoms with van der Waals surface area (Å²) in [5, 5.41) is 9.57. The average molecular weight is 332 g/mol. The van der Waals surface area contributed by atoms with Crippen LogP contribution in [0, 0.1) is 0 Å². The number of hydrogen-bond donors (Lipinski definition) is 2. The van der Waals surface area contributed by atoms with Crippen molar-refractivity contribution in [1.82, 2.24) is 15.2 Å². The third-order valence-electron chi connectivity index (χ3n) is 3.70. The van der Waals surface area contributed by atoms with Crippen LogP contribution in [0.15, 0.2) is 29.6 Å². The highest BCUT2D eigenvalue weighted by Crippen LogP contribution is 2.22. The maximum absolute atomic E-state index is 11.4. The molecule has 0 amide bonds. The molecule has 1 fully saturated rings. The van der Waals surface area contributed by atoms with Crippen molar-refractivity contribution in [1.29, 1.82) is 0 Å². The van der Waals surface area contributed by atoms with Gasteiger partial charge >= 0.3 is 5.97 Å². The summed E-state index contributed by atoms with van der Waals surface area (Å²) in [6.45, 7) is 5.11. The number of thiazole rings is 1. The Hall–Kier alpha value is -1.96. The largest absolute Gasteiger partial charge is 0.465 e. The fourth-order valence-electron chi connectivity index (χ4n) is 2.47. The standard InChI is InChI=1S/C16H20N4O2S/c1-22-15(21)12-2-4-13(5-3-12)18-16-19-14(11-23-16)10-20-8-6-17-7-9-20/h2-5,11,17H,6-10H2,1H3,(H,18,19). The molecule has 1 saturated heterocycles. The van der Waals surface area contributed by atoms with E-state index in [1.807, 2.05) is 12.1 Å². The van der Waals surface area contributed by atoms with Gasteiger partial charge in [0, 0.05) is 43.8 Å². The number of benzene rings is 1. The van der Waals surface area contributed by atoms with Crippen molar-refractivity contribution in [3.8, 4) is 0 Å². The second kappa shape index (κ2) is 7.54. The summed E-state index contributed by atoms with van der Waals surface area (Å²) in [4.78, 5) is 18.4. The van der Waals surface area contributed by atoms with Gasteiger partial charge in [0.2, 0.25) is 0 Å². The lowest BCUT2D eigenvalue weighted by atomic mass is 10.2. The molecular formula is C16H20N4O2S. The number of esters is 1. The number of aromatic nitrogens is 1. The minimum Gasteiger partial charge on any atom is -0.465 e. The van der Waals surface area contributed by atoms with Crippen LogP contribution in [-0.4, -0.2) is 49.1 Å². The van der Waals surface area contributed by atoms with Crippen LogP contribution in [0.1, 0.15) is 16.1 Å². The number of hydrogen-bond acceptors (Lipinski definition) is 7. The molecule has 2 heterocycles. The molecule has 122 valence electrons. The van der Waals surface area contributed by atoms with Gasteiger partial charge in [-0.25, -0.2) is 9.78 Å². The second-order valence-corrected chi connectivity index (χ2v) is 6.22. The van der Waals surface area contributed by atoms with Gasteiger partial charge in [-0.15, -0.1) is 11.3 Å². The van der Waals surface area contributed by atoms with Gasteiger partial charge in [-0.3, -0.25) is 4.90 Å². The SMILES string of the molecule is COC(=O)c1ccc(Nc2nc(CN3CCNCC3)cs2)cc1. The van der Waals surface area contributed by atoms with Crippen LogP contribution in [0.5, 0.6) is 0 Å². The molecule has 2 aromatic rings. The van der Waals surface area contributed by atoms with Crippen molar-refractivity contribution < 1.29 is 9.53 Å². The number of rotatable bonds is 5. The molecule has 6 nitrogen and oxygen atoms in total. The van der Waals surface area contributed by atoms with Gasteiger partial charge < -0.3 is 15.4 Å². The number of methoxy groups -OCH3 is 1. The summed E-state index contributed by atoms with van der Waals surface area (Å²) in [6.07, 6.45) is 0. The summed E-state index contributed by atoms with van der Waals surface area (Å²) in [5.41, 5.74) is 2.53. The number of carbonyl (C=O) groups excluding carboxylic acids is 1. The number of ether oxygens (including phenoxy) is 1. The van der Waals surface area contributed by atoms with Crippen molar-refractivity contribution in [2.75, 3.05) is 38.6 Å². The smallest absolute Gasteiger partial charge is 0.337 e. The van der Waals surface area contributed by atoms with Gasteiger partial charge in [0.1, 0.15) is 0 Å². The van der Waals surface area contributed by atoms with Gasteiger partial charge in [0.25, 0.3) is 0 Å². The van der Waals surface area contributed by atoms with Crippen molar-refractivity contribution in [2.24, 2.45) is 0 Å². The topological polar surface area (TPSA) is 66.5 Å².